The molecule has 0 aliphatic heterocycles. The topological polar surface area (TPSA) is 35.5 Å². The summed E-state index contributed by atoms with van der Waals surface area (Å²) in [5.41, 5.74) is 0. The van der Waals surface area contributed by atoms with E-state index in [9.17, 15) is 4.79 Å². The van der Waals surface area contributed by atoms with Crippen molar-refractivity contribution in [1.29, 1.82) is 0 Å². The summed E-state index contributed by atoms with van der Waals surface area (Å²) in [5, 5.41) is 0. The minimum Gasteiger partial charge on any atom is -0.463 e. The van der Waals surface area contributed by atoms with Crippen molar-refractivity contribution in [3.05, 3.63) is 12.2 Å². The van der Waals surface area contributed by atoms with Crippen LogP contribution in [0.25, 0.3) is 0 Å². The van der Waals surface area contributed by atoms with Gasteiger partial charge in [-0.25, -0.2) is 0 Å². The molecule has 0 spiro atoms. The van der Waals surface area contributed by atoms with Crippen molar-refractivity contribution in [3.63, 3.8) is 0 Å². The number of esters is 1. The Balaban J connectivity index is 3.17. The summed E-state index contributed by atoms with van der Waals surface area (Å²) in [6, 6.07) is 0. The molecule has 43 heavy (non-hydrogen) atoms. The molecular formula is C40H78O3. The molecule has 0 rings (SSSR count). The van der Waals surface area contributed by atoms with E-state index in [4.69, 9.17) is 9.47 Å². The standard InChI is InChI=1S/C40H78O3/c1-3-5-7-9-11-13-15-17-19-21-22-24-26-28-30-32-34-36-40(41)43-39-38-42-37-35-33-31-29-27-25-23-20-18-16-14-12-10-8-6-4-2/h18,20H,3-17,19,21-39H2,1-2H3. The van der Waals surface area contributed by atoms with E-state index in [2.05, 4.69) is 26.0 Å². The van der Waals surface area contributed by atoms with E-state index in [1.165, 1.54) is 180 Å². The largest absolute Gasteiger partial charge is 0.463 e. The average Bonchev–Trinajstić information content (AvgIpc) is 3.01. The molecule has 0 radical (unpaired) electrons. The van der Waals surface area contributed by atoms with Gasteiger partial charge in [0.2, 0.25) is 0 Å². The highest BCUT2D eigenvalue weighted by molar-refractivity contribution is 5.69. The summed E-state index contributed by atoms with van der Waals surface area (Å²) < 4.78 is 11.0. The Labute approximate surface area is 271 Å². The number of hydrogen-bond donors (Lipinski definition) is 0. The van der Waals surface area contributed by atoms with Crippen LogP contribution in [0, 0.1) is 0 Å². The Bertz CT molecular complexity index is 544. The molecule has 0 aliphatic rings. The van der Waals surface area contributed by atoms with Crippen LogP contribution in [0.5, 0.6) is 0 Å². The fourth-order valence-corrected chi connectivity index (χ4v) is 5.83. The van der Waals surface area contributed by atoms with Crippen LogP contribution in [0.2, 0.25) is 0 Å². The molecular weight excluding hydrogens is 528 g/mol. The van der Waals surface area contributed by atoms with Gasteiger partial charge in [0.15, 0.2) is 0 Å². The van der Waals surface area contributed by atoms with E-state index in [-0.39, 0.29) is 5.97 Å². The van der Waals surface area contributed by atoms with Gasteiger partial charge in [-0.2, -0.15) is 0 Å². The zero-order chi connectivity index (χ0) is 31.2. The number of carbonyl (C=O) groups excluding carboxylic acids is 1. The summed E-state index contributed by atoms with van der Waals surface area (Å²) >= 11 is 0. The highest BCUT2D eigenvalue weighted by Crippen LogP contribution is 2.15. The lowest BCUT2D eigenvalue weighted by atomic mass is 10.0. The molecule has 0 bridgehead atoms. The van der Waals surface area contributed by atoms with E-state index >= 15 is 0 Å². The van der Waals surface area contributed by atoms with Crippen molar-refractivity contribution in [2.75, 3.05) is 19.8 Å². The molecule has 0 fully saturated rings. The molecule has 0 amide bonds. The molecule has 3 nitrogen and oxygen atoms in total. The second-order valence-electron chi connectivity index (χ2n) is 13.2. The molecule has 0 saturated carbocycles. The van der Waals surface area contributed by atoms with Gasteiger partial charge in [0.05, 0.1) is 6.61 Å². The summed E-state index contributed by atoms with van der Waals surface area (Å²) in [5.74, 6) is -0.0539. The third-order valence-electron chi connectivity index (χ3n) is 8.78. The van der Waals surface area contributed by atoms with Crippen molar-refractivity contribution in [3.8, 4) is 0 Å². The number of ether oxygens (including phenoxy) is 2. The van der Waals surface area contributed by atoms with Crippen LogP contribution in [0.4, 0.5) is 0 Å². The molecule has 0 aromatic heterocycles. The van der Waals surface area contributed by atoms with Gasteiger partial charge in [0.1, 0.15) is 6.61 Å². The van der Waals surface area contributed by atoms with Gasteiger partial charge in [0, 0.05) is 13.0 Å². The molecule has 256 valence electrons. The first-order chi connectivity index (χ1) is 21.3. The second kappa shape index (κ2) is 39.2. The fraction of sp³-hybridized carbons (Fsp3) is 0.925. The number of rotatable bonds is 37. The van der Waals surface area contributed by atoms with Gasteiger partial charge in [-0.15, -0.1) is 0 Å². The molecule has 0 aromatic carbocycles. The number of unbranched alkanes of at least 4 members (excludes halogenated alkanes) is 28. The number of allylic oxidation sites excluding steroid dienone is 2. The van der Waals surface area contributed by atoms with Gasteiger partial charge in [0.25, 0.3) is 0 Å². The Hall–Kier alpha value is -0.830. The normalized spacial score (nSPS) is 11.6. The third kappa shape index (κ3) is 39.1. The quantitative estimate of drug-likeness (QED) is 0.0401. The first-order valence-electron chi connectivity index (χ1n) is 19.7. The maximum atomic E-state index is 11.9. The Morgan fingerprint density at radius 2 is 0.744 bits per heavy atom. The monoisotopic (exact) mass is 607 g/mol. The van der Waals surface area contributed by atoms with Crippen molar-refractivity contribution < 1.29 is 14.3 Å². The molecule has 0 unspecified atom stereocenters. The molecule has 0 aliphatic carbocycles. The van der Waals surface area contributed by atoms with E-state index in [1.807, 2.05) is 0 Å². The van der Waals surface area contributed by atoms with Crippen LogP contribution in [0.15, 0.2) is 12.2 Å². The number of hydrogen-bond acceptors (Lipinski definition) is 3. The summed E-state index contributed by atoms with van der Waals surface area (Å²) in [7, 11) is 0. The lowest BCUT2D eigenvalue weighted by Crippen LogP contribution is -2.10. The van der Waals surface area contributed by atoms with Crippen molar-refractivity contribution in [2.45, 2.75) is 219 Å². The first-order valence-corrected chi connectivity index (χ1v) is 19.7. The van der Waals surface area contributed by atoms with Crippen molar-refractivity contribution in [2.24, 2.45) is 0 Å². The van der Waals surface area contributed by atoms with Crippen molar-refractivity contribution in [1.82, 2.24) is 0 Å². The van der Waals surface area contributed by atoms with Crippen LogP contribution in [-0.2, 0) is 14.3 Å². The van der Waals surface area contributed by atoms with Crippen LogP contribution in [0.3, 0.4) is 0 Å². The molecule has 0 N–H and O–H groups in total. The Morgan fingerprint density at radius 3 is 1.16 bits per heavy atom. The van der Waals surface area contributed by atoms with Crippen LogP contribution >= 0.6 is 0 Å². The zero-order valence-electron chi connectivity index (χ0n) is 29.6. The Morgan fingerprint density at radius 1 is 0.395 bits per heavy atom. The van der Waals surface area contributed by atoms with Gasteiger partial charge in [-0.1, -0.05) is 187 Å². The predicted octanol–water partition coefficient (Wildman–Crippen LogP) is 13.6. The van der Waals surface area contributed by atoms with Gasteiger partial charge in [-0.05, 0) is 38.5 Å². The molecule has 0 atom stereocenters. The predicted molar refractivity (Wildman–Crippen MR) is 190 cm³/mol. The van der Waals surface area contributed by atoms with Crippen molar-refractivity contribution >= 4 is 5.97 Å². The second-order valence-corrected chi connectivity index (χ2v) is 13.2. The maximum absolute atomic E-state index is 11.9. The van der Waals surface area contributed by atoms with Gasteiger partial charge >= 0.3 is 5.97 Å². The van der Waals surface area contributed by atoms with E-state index < -0.39 is 0 Å². The zero-order valence-corrected chi connectivity index (χ0v) is 29.6. The van der Waals surface area contributed by atoms with E-state index in [1.54, 1.807) is 0 Å². The molecule has 0 heterocycles. The highest BCUT2D eigenvalue weighted by atomic mass is 16.6. The van der Waals surface area contributed by atoms with Crippen LogP contribution < -0.4 is 0 Å². The summed E-state index contributed by atoms with van der Waals surface area (Å²) in [6.07, 6.45) is 47.0. The molecule has 0 saturated heterocycles. The van der Waals surface area contributed by atoms with E-state index in [0.29, 0.717) is 19.6 Å². The van der Waals surface area contributed by atoms with E-state index in [0.717, 1.165) is 25.9 Å². The first kappa shape index (κ1) is 42.2. The number of carbonyl (C=O) groups is 1. The fourth-order valence-electron chi connectivity index (χ4n) is 5.83. The smallest absolute Gasteiger partial charge is 0.305 e. The molecule has 0 aromatic rings. The Kier molecular flexibility index (Phi) is 38.4. The van der Waals surface area contributed by atoms with Crippen LogP contribution in [0.1, 0.15) is 219 Å². The van der Waals surface area contributed by atoms with Crippen LogP contribution in [-0.4, -0.2) is 25.8 Å². The third-order valence-corrected chi connectivity index (χ3v) is 8.78. The summed E-state index contributed by atoms with van der Waals surface area (Å²) in [4.78, 5) is 11.9. The highest BCUT2D eigenvalue weighted by Gasteiger charge is 2.03. The maximum Gasteiger partial charge on any atom is 0.305 e. The SMILES string of the molecule is CCCCCCCCC=CCCCCCCCCOCCOC(=O)CCCCCCCCCCCCCCCCCCC. The average molecular weight is 607 g/mol. The van der Waals surface area contributed by atoms with Gasteiger partial charge < -0.3 is 9.47 Å². The lowest BCUT2D eigenvalue weighted by molar-refractivity contribution is -0.145. The lowest BCUT2D eigenvalue weighted by Gasteiger charge is -2.07. The minimum absolute atomic E-state index is 0.0539. The molecule has 3 heteroatoms. The summed E-state index contributed by atoms with van der Waals surface area (Å²) in [6.45, 7) is 6.30. The minimum atomic E-state index is -0.0539. The van der Waals surface area contributed by atoms with Gasteiger partial charge in [-0.3, -0.25) is 4.79 Å².